The molecule has 1 rings (SSSR count). The predicted octanol–water partition coefficient (Wildman–Crippen LogP) is 0.994. The van der Waals surface area contributed by atoms with E-state index in [4.69, 9.17) is 5.84 Å². The molecule has 0 atom stereocenters. The predicted molar refractivity (Wildman–Crippen MR) is 56.6 cm³/mol. The molecule has 0 unspecified atom stereocenters. The van der Waals surface area contributed by atoms with Crippen LogP contribution in [-0.2, 0) is 11.2 Å². The summed E-state index contributed by atoms with van der Waals surface area (Å²) in [6, 6.07) is 9.99. The number of benzene rings is 1. The van der Waals surface area contributed by atoms with Gasteiger partial charge in [0.05, 0.1) is 6.54 Å². The van der Waals surface area contributed by atoms with E-state index in [1.54, 1.807) is 7.05 Å². The van der Waals surface area contributed by atoms with E-state index in [0.717, 1.165) is 6.42 Å². The van der Waals surface area contributed by atoms with E-state index in [1.165, 1.54) is 10.6 Å². The van der Waals surface area contributed by atoms with E-state index in [0.29, 0.717) is 13.0 Å². The SMILES string of the molecule is CN(N)CC(=O)CCc1ccccc1. The van der Waals surface area contributed by atoms with Crippen molar-refractivity contribution in [3.63, 3.8) is 0 Å². The monoisotopic (exact) mass is 192 g/mol. The molecule has 1 aromatic carbocycles. The van der Waals surface area contributed by atoms with Gasteiger partial charge in [-0.25, -0.2) is 5.01 Å². The zero-order valence-corrected chi connectivity index (χ0v) is 8.44. The fraction of sp³-hybridized carbons (Fsp3) is 0.364. The number of rotatable bonds is 5. The Balaban J connectivity index is 2.31. The van der Waals surface area contributed by atoms with Crippen LogP contribution in [0, 0.1) is 0 Å². The van der Waals surface area contributed by atoms with Crippen molar-refractivity contribution < 1.29 is 4.79 Å². The van der Waals surface area contributed by atoms with Crippen LogP contribution in [0.1, 0.15) is 12.0 Å². The average molecular weight is 192 g/mol. The molecule has 0 saturated carbocycles. The Labute approximate surface area is 84.5 Å². The summed E-state index contributed by atoms with van der Waals surface area (Å²) in [7, 11) is 1.69. The lowest BCUT2D eigenvalue weighted by Gasteiger charge is -2.07. The highest BCUT2D eigenvalue weighted by Crippen LogP contribution is 2.02. The van der Waals surface area contributed by atoms with Crippen molar-refractivity contribution in [1.82, 2.24) is 5.01 Å². The van der Waals surface area contributed by atoms with Crippen molar-refractivity contribution in [3.05, 3.63) is 35.9 Å². The topological polar surface area (TPSA) is 46.3 Å². The van der Waals surface area contributed by atoms with Crippen molar-refractivity contribution in [3.8, 4) is 0 Å². The van der Waals surface area contributed by atoms with Gasteiger partial charge in [0.2, 0.25) is 0 Å². The number of ketones is 1. The highest BCUT2D eigenvalue weighted by Gasteiger charge is 2.03. The van der Waals surface area contributed by atoms with Gasteiger partial charge in [-0.1, -0.05) is 30.3 Å². The third-order valence-corrected chi connectivity index (χ3v) is 1.96. The highest BCUT2D eigenvalue weighted by atomic mass is 16.1. The van der Waals surface area contributed by atoms with Crippen molar-refractivity contribution in [2.45, 2.75) is 12.8 Å². The maximum atomic E-state index is 11.3. The summed E-state index contributed by atoms with van der Waals surface area (Å²) >= 11 is 0. The minimum absolute atomic E-state index is 0.179. The van der Waals surface area contributed by atoms with Crippen LogP contribution in [0.25, 0.3) is 0 Å². The first-order valence-electron chi connectivity index (χ1n) is 4.70. The number of nitrogens with zero attached hydrogens (tertiary/aromatic N) is 1. The summed E-state index contributed by atoms with van der Waals surface area (Å²) in [5, 5.41) is 1.41. The van der Waals surface area contributed by atoms with Gasteiger partial charge in [0, 0.05) is 13.5 Å². The number of carbonyl (C=O) groups excluding carboxylic acids is 1. The lowest BCUT2D eigenvalue weighted by molar-refractivity contribution is -0.119. The summed E-state index contributed by atoms with van der Waals surface area (Å²) in [6.45, 7) is 0.326. The van der Waals surface area contributed by atoms with E-state index >= 15 is 0 Å². The van der Waals surface area contributed by atoms with E-state index in [2.05, 4.69) is 0 Å². The largest absolute Gasteiger partial charge is 0.298 e. The molecule has 0 aliphatic rings. The number of carbonyl (C=O) groups is 1. The van der Waals surface area contributed by atoms with Crippen LogP contribution in [0.2, 0.25) is 0 Å². The number of nitrogens with two attached hydrogens (primary N) is 1. The van der Waals surface area contributed by atoms with Gasteiger partial charge in [-0.05, 0) is 12.0 Å². The molecule has 0 saturated heterocycles. The second-order valence-electron chi connectivity index (χ2n) is 3.44. The summed E-state index contributed by atoms with van der Waals surface area (Å²) in [5.74, 6) is 5.55. The third kappa shape index (κ3) is 4.16. The Morgan fingerprint density at radius 2 is 2.00 bits per heavy atom. The molecule has 1 aromatic rings. The number of hydrogen-bond acceptors (Lipinski definition) is 3. The van der Waals surface area contributed by atoms with Crippen molar-refractivity contribution in [2.75, 3.05) is 13.6 Å². The standard InChI is InChI=1S/C11H16N2O/c1-13(12)9-11(14)8-7-10-5-3-2-4-6-10/h2-6H,7-9,12H2,1H3. The van der Waals surface area contributed by atoms with Crippen molar-refractivity contribution >= 4 is 5.78 Å². The van der Waals surface area contributed by atoms with Crippen LogP contribution < -0.4 is 5.84 Å². The van der Waals surface area contributed by atoms with Crippen LogP contribution >= 0.6 is 0 Å². The van der Waals surface area contributed by atoms with Gasteiger partial charge in [-0.15, -0.1) is 0 Å². The Hall–Kier alpha value is -1.19. The molecule has 0 bridgehead atoms. The van der Waals surface area contributed by atoms with Crippen LogP contribution in [0.15, 0.2) is 30.3 Å². The lowest BCUT2D eigenvalue weighted by Crippen LogP contribution is -2.31. The van der Waals surface area contributed by atoms with Gasteiger partial charge >= 0.3 is 0 Å². The van der Waals surface area contributed by atoms with Gasteiger partial charge in [0.15, 0.2) is 0 Å². The summed E-state index contributed by atoms with van der Waals surface area (Å²) in [6.07, 6.45) is 1.36. The molecule has 0 spiro atoms. The molecule has 0 radical (unpaired) electrons. The van der Waals surface area contributed by atoms with Gasteiger partial charge in [0.1, 0.15) is 5.78 Å². The Morgan fingerprint density at radius 1 is 1.36 bits per heavy atom. The minimum atomic E-state index is 0.179. The maximum absolute atomic E-state index is 11.3. The van der Waals surface area contributed by atoms with Crippen LogP contribution in [0.3, 0.4) is 0 Å². The van der Waals surface area contributed by atoms with E-state index in [9.17, 15) is 4.79 Å². The fourth-order valence-electron chi connectivity index (χ4n) is 1.29. The van der Waals surface area contributed by atoms with Gasteiger partial charge in [0.25, 0.3) is 0 Å². The molecule has 76 valence electrons. The molecular formula is C11H16N2O. The number of hydrogen-bond donors (Lipinski definition) is 1. The highest BCUT2D eigenvalue weighted by molar-refractivity contribution is 5.80. The zero-order chi connectivity index (χ0) is 10.4. The van der Waals surface area contributed by atoms with Crippen LogP contribution in [0.5, 0.6) is 0 Å². The molecule has 2 N–H and O–H groups in total. The first-order valence-corrected chi connectivity index (χ1v) is 4.70. The zero-order valence-electron chi connectivity index (χ0n) is 8.44. The molecule has 0 fully saturated rings. The molecule has 0 aliphatic carbocycles. The van der Waals surface area contributed by atoms with E-state index in [-0.39, 0.29) is 5.78 Å². The van der Waals surface area contributed by atoms with E-state index < -0.39 is 0 Å². The molecular weight excluding hydrogens is 176 g/mol. The Morgan fingerprint density at radius 3 is 2.57 bits per heavy atom. The third-order valence-electron chi connectivity index (χ3n) is 1.96. The molecule has 3 heteroatoms. The molecule has 0 amide bonds. The summed E-state index contributed by atoms with van der Waals surface area (Å²) in [5.41, 5.74) is 1.19. The lowest BCUT2D eigenvalue weighted by atomic mass is 10.1. The van der Waals surface area contributed by atoms with Crippen molar-refractivity contribution in [1.29, 1.82) is 0 Å². The number of likely N-dealkylation sites (N-methyl/N-ethyl adjacent to an activating group) is 1. The van der Waals surface area contributed by atoms with Gasteiger partial charge < -0.3 is 0 Å². The van der Waals surface area contributed by atoms with Crippen LogP contribution in [-0.4, -0.2) is 24.4 Å². The summed E-state index contributed by atoms with van der Waals surface area (Å²) < 4.78 is 0. The normalized spacial score (nSPS) is 10.5. The molecule has 0 aliphatic heterocycles. The Kier molecular flexibility index (Phi) is 4.29. The number of Topliss-reactive ketones (excluding diaryl/α,β-unsaturated/α-hetero) is 1. The Bertz CT molecular complexity index is 283. The summed E-state index contributed by atoms with van der Waals surface area (Å²) in [4.78, 5) is 11.3. The molecule has 0 heterocycles. The van der Waals surface area contributed by atoms with Crippen LogP contribution in [0.4, 0.5) is 0 Å². The maximum Gasteiger partial charge on any atom is 0.148 e. The van der Waals surface area contributed by atoms with Gasteiger partial charge in [-0.2, -0.15) is 0 Å². The van der Waals surface area contributed by atoms with Crippen molar-refractivity contribution in [2.24, 2.45) is 5.84 Å². The molecule has 14 heavy (non-hydrogen) atoms. The average Bonchev–Trinajstić information content (AvgIpc) is 2.15. The van der Waals surface area contributed by atoms with E-state index in [1.807, 2.05) is 30.3 Å². The molecule has 0 aromatic heterocycles. The second kappa shape index (κ2) is 5.52. The fourth-order valence-corrected chi connectivity index (χ4v) is 1.29. The molecule has 3 nitrogen and oxygen atoms in total. The number of aryl methyl sites for hydroxylation is 1. The minimum Gasteiger partial charge on any atom is -0.298 e. The van der Waals surface area contributed by atoms with Gasteiger partial charge in [-0.3, -0.25) is 10.6 Å². The smallest absolute Gasteiger partial charge is 0.148 e. The first-order chi connectivity index (χ1) is 6.68. The number of hydrazine groups is 1. The second-order valence-corrected chi connectivity index (χ2v) is 3.44. The quantitative estimate of drug-likeness (QED) is 0.559. The first kappa shape index (κ1) is 10.9.